The highest BCUT2D eigenvalue weighted by atomic mass is 35.5. The van der Waals surface area contributed by atoms with Gasteiger partial charge in [0, 0.05) is 24.7 Å². The second-order valence-corrected chi connectivity index (χ2v) is 9.52. The van der Waals surface area contributed by atoms with E-state index in [0.29, 0.717) is 10.6 Å². The highest BCUT2D eigenvalue weighted by molar-refractivity contribution is 8.00. The van der Waals surface area contributed by atoms with Gasteiger partial charge in [-0.25, -0.2) is 17.1 Å². The third-order valence-corrected chi connectivity index (χ3v) is 6.92. The van der Waals surface area contributed by atoms with Crippen molar-refractivity contribution >= 4 is 45.0 Å². The van der Waals surface area contributed by atoms with Crippen LogP contribution in [0.25, 0.3) is 0 Å². The molecule has 0 aromatic heterocycles. The first-order valence-electron chi connectivity index (χ1n) is 7.57. The number of hydrogen-bond donors (Lipinski definition) is 1. The Morgan fingerprint density at radius 2 is 1.88 bits per heavy atom. The highest BCUT2D eigenvalue weighted by Gasteiger charge is 2.22. The minimum absolute atomic E-state index is 0.0606. The number of thioether (sulfide) groups is 1. The van der Waals surface area contributed by atoms with Gasteiger partial charge in [0.25, 0.3) is 0 Å². The molecule has 0 saturated heterocycles. The second-order valence-electron chi connectivity index (χ2n) is 5.61. The van der Waals surface area contributed by atoms with E-state index < -0.39 is 21.1 Å². The van der Waals surface area contributed by atoms with E-state index in [1.54, 1.807) is 25.1 Å². The van der Waals surface area contributed by atoms with Crippen LogP contribution in [-0.4, -0.2) is 38.0 Å². The largest absolute Gasteiger partial charge is 0.325 e. The molecular formula is C17H18ClFN2O3S2. The lowest BCUT2D eigenvalue weighted by molar-refractivity contribution is -0.115. The minimum Gasteiger partial charge on any atom is -0.325 e. The smallest absolute Gasteiger partial charge is 0.244 e. The molecule has 2 aromatic carbocycles. The summed E-state index contributed by atoms with van der Waals surface area (Å²) >= 11 is 7.06. The fourth-order valence-corrected chi connectivity index (χ4v) is 4.28. The van der Waals surface area contributed by atoms with Gasteiger partial charge in [0.05, 0.1) is 10.3 Å². The Bertz CT molecular complexity index is 920. The van der Waals surface area contributed by atoms with Gasteiger partial charge in [-0.15, -0.1) is 11.8 Å². The highest BCUT2D eigenvalue weighted by Crippen LogP contribution is 2.29. The van der Waals surface area contributed by atoms with E-state index in [1.807, 2.05) is 0 Å². The molecule has 0 fully saturated rings. The van der Waals surface area contributed by atoms with E-state index in [1.165, 1.54) is 38.4 Å². The monoisotopic (exact) mass is 416 g/mol. The molecule has 26 heavy (non-hydrogen) atoms. The van der Waals surface area contributed by atoms with Gasteiger partial charge >= 0.3 is 0 Å². The van der Waals surface area contributed by atoms with E-state index in [0.717, 1.165) is 16.1 Å². The first-order valence-corrected chi connectivity index (χ1v) is 10.3. The first-order chi connectivity index (χ1) is 12.1. The normalized spacial score (nSPS) is 12.8. The summed E-state index contributed by atoms with van der Waals surface area (Å²) in [6.07, 6.45) is 0. The van der Waals surface area contributed by atoms with Crippen molar-refractivity contribution in [3.8, 4) is 0 Å². The summed E-state index contributed by atoms with van der Waals surface area (Å²) in [4.78, 5) is 12.6. The maximum Gasteiger partial charge on any atom is 0.244 e. The van der Waals surface area contributed by atoms with Crippen LogP contribution in [0.2, 0.25) is 5.02 Å². The first kappa shape index (κ1) is 20.7. The molecule has 2 aromatic rings. The lowest BCUT2D eigenvalue weighted by Crippen LogP contribution is -2.24. The summed E-state index contributed by atoms with van der Waals surface area (Å²) in [7, 11) is -0.959. The molecule has 0 saturated carbocycles. The summed E-state index contributed by atoms with van der Waals surface area (Å²) < 4.78 is 39.3. The number of hydrogen-bond acceptors (Lipinski definition) is 4. The zero-order chi connectivity index (χ0) is 19.5. The third-order valence-electron chi connectivity index (χ3n) is 3.47. The van der Waals surface area contributed by atoms with Crippen molar-refractivity contribution in [3.63, 3.8) is 0 Å². The third kappa shape index (κ3) is 4.76. The molecule has 0 aliphatic rings. The van der Waals surface area contributed by atoms with E-state index >= 15 is 0 Å². The molecule has 2 rings (SSSR count). The van der Waals surface area contributed by atoms with E-state index in [9.17, 15) is 17.6 Å². The lowest BCUT2D eigenvalue weighted by atomic mass is 10.3. The molecule has 1 unspecified atom stereocenters. The van der Waals surface area contributed by atoms with Crippen molar-refractivity contribution in [2.24, 2.45) is 0 Å². The van der Waals surface area contributed by atoms with Gasteiger partial charge in [-0.05, 0) is 37.3 Å². The van der Waals surface area contributed by atoms with Crippen molar-refractivity contribution in [3.05, 3.63) is 53.3 Å². The van der Waals surface area contributed by atoms with Crippen LogP contribution in [-0.2, 0) is 14.8 Å². The predicted octanol–water partition coefficient (Wildman–Crippen LogP) is 3.85. The number of anilines is 1. The number of amides is 1. The summed E-state index contributed by atoms with van der Waals surface area (Å²) in [5, 5.41) is 2.11. The quantitative estimate of drug-likeness (QED) is 0.726. The summed E-state index contributed by atoms with van der Waals surface area (Å²) in [5.74, 6) is -0.781. The predicted molar refractivity (Wildman–Crippen MR) is 103 cm³/mol. The van der Waals surface area contributed by atoms with Crippen LogP contribution in [0.3, 0.4) is 0 Å². The van der Waals surface area contributed by atoms with Crippen LogP contribution in [0.5, 0.6) is 0 Å². The Morgan fingerprint density at radius 3 is 2.50 bits per heavy atom. The maximum atomic E-state index is 13.7. The Kier molecular flexibility index (Phi) is 6.68. The standard InChI is InChI=1S/C17H18ClFN2O3S2/c1-11(25-15-7-5-4-6-14(15)19)17(22)20-12-8-9-13(18)16(10-12)26(23,24)21(2)3/h4-11H,1-3H3,(H,20,22). The van der Waals surface area contributed by atoms with Crippen LogP contribution < -0.4 is 5.32 Å². The molecule has 1 N–H and O–H groups in total. The SMILES string of the molecule is CC(Sc1ccccc1F)C(=O)Nc1ccc(Cl)c(S(=O)(=O)N(C)C)c1. The number of carbonyl (C=O) groups excluding carboxylic acids is 1. The van der Waals surface area contributed by atoms with Crippen molar-refractivity contribution in [1.29, 1.82) is 0 Å². The molecular weight excluding hydrogens is 399 g/mol. The summed E-state index contributed by atoms with van der Waals surface area (Å²) in [5.41, 5.74) is 0.292. The van der Waals surface area contributed by atoms with Gasteiger partial charge < -0.3 is 5.32 Å². The summed E-state index contributed by atoms with van der Waals surface area (Å²) in [6.45, 7) is 1.64. The van der Waals surface area contributed by atoms with Crippen LogP contribution in [0.1, 0.15) is 6.92 Å². The Balaban J connectivity index is 2.18. The zero-order valence-electron chi connectivity index (χ0n) is 14.4. The molecule has 9 heteroatoms. The number of nitrogens with one attached hydrogen (secondary N) is 1. The van der Waals surface area contributed by atoms with Crippen molar-refractivity contribution in [1.82, 2.24) is 4.31 Å². The summed E-state index contributed by atoms with van der Waals surface area (Å²) in [6, 6.07) is 10.4. The molecule has 0 spiro atoms. The Morgan fingerprint density at radius 1 is 1.23 bits per heavy atom. The minimum atomic E-state index is -3.74. The van der Waals surface area contributed by atoms with Crippen molar-refractivity contribution in [2.45, 2.75) is 22.0 Å². The Labute approximate surface area is 161 Å². The van der Waals surface area contributed by atoms with Gasteiger partial charge in [0.1, 0.15) is 10.7 Å². The number of carbonyl (C=O) groups is 1. The van der Waals surface area contributed by atoms with Crippen molar-refractivity contribution < 1.29 is 17.6 Å². The average molecular weight is 417 g/mol. The number of sulfonamides is 1. The fraction of sp³-hybridized carbons (Fsp3) is 0.235. The van der Waals surface area contributed by atoms with Crippen LogP contribution in [0.15, 0.2) is 52.3 Å². The number of nitrogens with zero attached hydrogens (tertiary/aromatic N) is 1. The van der Waals surface area contributed by atoms with E-state index in [4.69, 9.17) is 11.6 Å². The average Bonchev–Trinajstić information content (AvgIpc) is 2.58. The molecule has 0 radical (unpaired) electrons. The molecule has 0 bridgehead atoms. The van der Waals surface area contributed by atoms with Gasteiger partial charge in [-0.3, -0.25) is 4.79 Å². The Hall–Kier alpha value is -1.61. The lowest BCUT2D eigenvalue weighted by Gasteiger charge is -2.16. The van der Waals surface area contributed by atoms with Crippen LogP contribution in [0.4, 0.5) is 10.1 Å². The molecule has 0 aliphatic carbocycles. The molecule has 5 nitrogen and oxygen atoms in total. The fourth-order valence-electron chi connectivity index (χ4n) is 2.00. The van der Waals surface area contributed by atoms with Gasteiger partial charge in [0.15, 0.2) is 0 Å². The van der Waals surface area contributed by atoms with E-state index in [2.05, 4.69) is 5.32 Å². The van der Waals surface area contributed by atoms with Gasteiger partial charge in [-0.1, -0.05) is 23.7 Å². The number of benzene rings is 2. The van der Waals surface area contributed by atoms with E-state index in [-0.39, 0.29) is 15.8 Å². The topological polar surface area (TPSA) is 66.5 Å². The molecule has 140 valence electrons. The van der Waals surface area contributed by atoms with Crippen LogP contribution >= 0.6 is 23.4 Å². The molecule has 1 amide bonds. The van der Waals surface area contributed by atoms with Gasteiger partial charge in [-0.2, -0.15) is 0 Å². The zero-order valence-corrected chi connectivity index (χ0v) is 16.8. The number of halogens is 2. The van der Waals surface area contributed by atoms with Gasteiger partial charge in [0.2, 0.25) is 15.9 Å². The molecule has 0 aliphatic heterocycles. The van der Waals surface area contributed by atoms with Crippen LogP contribution in [0, 0.1) is 5.82 Å². The molecule has 1 atom stereocenters. The number of rotatable bonds is 6. The maximum absolute atomic E-state index is 13.7. The van der Waals surface area contributed by atoms with Crippen molar-refractivity contribution in [2.75, 3.05) is 19.4 Å². The second kappa shape index (κ2) is 8.39. The molecule has 0 heterocycles.